The quantitative estimate of drug-likeness (QED) is 0.269. The largest absolute Gasteiger partial charge is 0.382 e. The average molecular weight is 181 g/mol. The maximum Gasteiger partial charge on any atom is 0.205 e. The summed E-state index contributed by atoms with van der Waals surface area (Å²) in [7, 11) is 3.48. The number of hydrogen-bond donors (Lipinski definition) is 3. The molecule has 0 unspecified atom stereocenters. The Balaban J connectivity index is 2.88. The third-order valence-corrected chi connectivity index (χ3v) is 1.21. The molecule has 0 spiro atoms. The van der Waals surface area contributed by atoms with Crippen LogP contribution in [0.2, 0.25) is 0 Å². The van der Waals surface area contributed by atoms with Gasteiger partial charge in [0.05, 0.1) is 6.33 Å². The van der Waals surface area contributed by atoms with Crippen molar-refractivity contribution in [1.82, 2.24) is 15.0 Å². The molecule has 0 saturated carbocycles. The van der Waals surface area contributed by atoms with Crippen molar-refractivity contribution in [3.05, 3.63) is 12.0 Å². The van der Waals surface area contributed by atoms with Crippen LogP contribution in [0.3, 0.4) is 0 Å². The van der Waals surface area contributed by atoms with Crippen molar-refractivity contribution < 1.29 is 0 Å². The molecule has 0 aliphatic carbocycles. The van der Waals surface area contributed by atoms with Gasteiger partial charge >= 0.3 is 0 Å². The first-order valence-electron chi connectivity index (χ1n) is 3.58. The maximum atomic E-state index is 7.17. The molecule has 0 radical (unpaired) electrons. The Kier molecular flexibility index (Phi) is 2.58. The van der Waals surface area contributed by atoms with Crippen molar-refractivity contribution in [2.45, 2.75) is 0 Å². The molecular weight excluding hydrogens is 170 g/mol. The van der Waals surface area contributed by atoms with Gasteiger partial charge in [0, 0.05) is 14.1 Å². The second-order valence-electron chi connectivity index (χ2n) is 2.55. The van der Waals surface area contributed by atoms with Crippen LogP contribution in [0.25, 0.3) is 0 Å². The van der Waals surface area contributed by atoms with E-state index in [1.165, 1.54) is 11.3 Å². The van der Waals surface area contributed by atoms with Crippen molar-refractivity contribution in [2.24, 2.45) is 16.1 Å². The summed E-state index contributed by atoms with van der Waals surface area (Å²) in [5, 5.41) is 16.2. The minimum Gasteiger partial charge on any atom is -0.382 e. The summed E-state index contributed by atoms with van der Waals surface area (Å²) in [5.41, 5.74) is 5.64. The monoisotopic (exact) mass is 181 g/mol. The average Bonchev–Trinajstić information content (AvgIpc) is 2.47. The van der Waals surface area contributed by atoms with Crippen molar-refractivity contribution in [1.29, 1.82) is 5.41 Å². The SMILES string of the molecule is CN(C)/N=N/c1nc[nH]c1C(=N)N. The van der Waals surface area contributed by atoms with Crippen LogP contribution in [-0.2, 0) is 0 Å². The molecule has 0 atom stereocenters. The molecule has 70 valence electrons. The molecule has 1 aromatic heterocycles. The lowest BCUT2D eigenvalue weighted by Crippen LogP contribution is -2.11. The molecule has 0 amide bonds. The Bertz CT molecular complexity index is 323. The molecule has 4 N–H and O–H groups in total. The first-order chi connectivity index (χ1) is 6.11. The van der Waals surface area contributed by atoms with Crippen molar-refractivity contribution in [3.8, 4) is 0 Å². The van der Waals surface area contributed by atoms with E-state index < -0.39 is 0 Å². The maximum absolute atomic E-state index is 7.17. The highest BCUT2D eigenvalue weighted by atomic mass is 15.5. The summed E-state index contributed by atoms with van der Waals surface area (Å²) < 4.78 is 0. The summed E-state index contributed by atoms with van der Waals surface area (Å²) in [5.74, 6) is 0.214. The fraction of sp³-hybridized carbons (Fsp3) is 0.333. The fourth-order valence-corrected chi connectivity index (χ4v) is 0.693. The molecule has 0 aliphatic heterocycles. The lowest BCUT2D eigenvalue weighted by molar-refractivity contribution is 0.408. The number of H-pyrrole nitrogens is 1. The Morgan fingerprint density at radius 2 is 2.38 bits per heavy atom. The van der Waals surface area contributed by atoms with Gasteiger partial charge in [-0.2, -0.15) is 0 Å². The van der Waals surface area contributed by atoms with Gasteiger partial charge in [0.2, 0.25) is 5.82 Å². The van der Waals surface area contributed by atoms with Crippen LogP contribution in [0.1, 0.15) is 5.69 Å². The van der Waals surface area contributed by atoms with Crippen LogP contribution in [0, 0.1) is 5.41 Å². The van der Waals surface area contributed by atoms with E-state index in [9.17, 15) is 0 Å². The number of nitrogens with zero attached hydrogens (tertiary/aromatic N) is 4. The van der Waals surface area contributed by atoms with Gasteiger partial charge in [0.1, 0.15) is 11.5 Å². The molecule has 1 rings (SSSR count). The van der Waals surface area contributed by atoms with Gasteiger partial charge in [-0.25, -0.2) is 4.98 Å². The fourth-order valence-electron chi connectivity index (χ4n) is 0.693. The topological polar surface area (TPSA) is 107 Å². The van der Waals surface area contributed by atoms with Gasteiger partial charge in [-0.15, -0.1) is 5.11 Å². The third kappa shape index (κ3) is 2.26. The molecule has 1 heterocycles. The van der Waals surface area contributed by atoms with Crippen molar-refractivity contribution in [3.63, 3.8) is 0 Å². The normalized spacial score (nSPS) is 10.6. The Morgan fingerprint density at radius 1 is 1.69 bits per heavy atom. The summed E-state index contributed by atoms with van der Waals surface area (Å²) in [4.78, 5) is 6.54. The van der Waals surface area contributed by atoms with Gasteiger partial charge in [0.25, 0.3) is 0 Å². The van der Waals surface area contributed by atoms with Crippen LogP contribution in [-0.4, -0.2) is 34.9 Å². The van der Waals surface area contributed by atoms with Crippen LogP contribution < -0.4 is 5.73 Å². The zero-order valence-corrected chi connectivity index (χ0v) is 7.44. The molecular formula is C6H11N7. The van der Waals surface area contributed by atoms with Gasteiger partial charge in [-0.1, -0.05) is 5.22 Å². The number of aromatic nitrogens is 2. The van der Waals surface area contributed by atoms with Crippen LogP contribution in [0.4, 0.5) is 5.82 Å². The first kappa shape index (κ1) is 9.17. The summed E-state index contributed by atoms with van der Waals surface area (Å²) in [6, 6.07) is 0. The van der Waals surface area contributed by atoms with E-state index in [2.05, 4.69) is 20.3 Å². The van der Waals surface area contributed by atoms with Crippen LogP contribution >= 0.6 is 0 Å². The van der Waals surface area contributed by atoms with E-state index in [0.29, 0.717) is 11.5 Å². The van der Waals surface area contributed by atoms with Gasteiger partial charge in [0.15, 0.2) is 0 Å². The lowest BCUT2D eigenvalue weighted by atomic mass is 10.4. The summed E-state index contributed by atoms with van der Waals surface area (Å²) in [6.07, 6.45) is 1.42. The molecule has 0 saturated heterocycles. The molecule has 0 aliphatic rings. The molecule has 1 aromatic rings. The first-order valence-corrected chi connectivity index (χ1v) is 3.58. The zero-order valence-electron chi connectivity index (χ0n) is 7.44. The number of nitrogens with one attached hydrogen (secondary N) is 2. The number of hydrogen-bond acceptors (Lipinski definition) is 4. The predicted octanol–water partition coefficient (Wildman–Crippen LogP) is 0.254. The van der Waals surface area contributed by atoms with E-state index in [0.717, 1.165) is 0 Å². The van der Waals surface area contributed by atoms with Crippen LogP contribution in [0.5, 0.6) is 0 Å². The van der Waals surface area contributed by atoms with Gasteiger partial charge in [-0.3, -0.25) is 10.4 Å². The predicted molar refractivity (Wildman–Crippen MR) is 47.8 cm³/mol. The molecule has 13 heavy (non-hydrogen) atoms. The third-order valence-electron chi connectivity index (χ3n) is 1.21. The molecule has 0 aromatic carbocycles. The highest BCUT2D eigenvalue weighted by molar-refractivity contribution is 5.96. The second-order valence-corrected chi connectivity index (χ2v) is 2.55. The van der Waals surface area contributed by atoms with Crippen molar-refractivity contribution >= 4 is 11.7 Å². The number of imidazole rings is 1. The van der Waals surface area contributed by atoms with E-state index in [-0.39, 0.29) is 5.84 Å². The Labute approximate surface area is 75.2 Å². The summed E-state index contributed by atoms with van der Waals surface area (Å²) in [6.45, 7) is 0. The Morgan fingerprint density at radius 3 is 2.92 bits per heavy atom. The highest BCUT2D eigenvalue weighted by Crippen LogP contribution is 2.12. The van der Waals surface area contributed by atoms with E-state index in [4.69, 9.17) is 11.1 Å². The van der Waals surface area contributed by atoms with Gasteiger partial charge in [-0.05, 0) is 0 Å². The van der Waals surface area contributed by atoms with Crippen LogP contribution in [0.15, 0.2) is 16.7 Å². The number of rotatable bonds is 3. The smallest absolute Gasteiger partial charge is 0.205 e. The standard InChI is InChI=1S/C6H11N7/c1-13(2)12-11-6-4(5(7)8)9-3-10-6/h3H,1-2H3,(H3,7,8)(H,9,10)/b12-11+. The second kappa shape index (κ2) is 3.65. The molecule has 7 nitrogen and oxygen atoms in total. The van der Waals surface area contributed by atoms with Gasteiger partial charge < -0.3 is 10.7 Å². The summed E-state index contributed by atoms with van der Waals surface area (Å²) >= 11 is 0. The molecule has 0 bridgehead atoms. The Hall–Kier alpha value is -1.92. The van der Waals surface area contributed by atoms with Crippen molar-refractivity contribution in [2.75, 3.05) is 14.1 Å². The highest BCUT2D eigenvalue weighted by Gasteiger charge is 2.06. The lowest BCUT2D eigenvalue weighted by Gasteiger charge is -1.99. The number of nitrogens with two attached hydrogens (primary N) is 1. The molecule has 0 fully saturated rings. The van der Waals surface area contributed by atoms with E-state index >= 15 is 0 Å². The van der Waals surface area contributed by atoms with E-state index in [1.807, 2.05) is 0 Å². The number of aromatic amines is 1. The minimum absolute atomic E-state index is 0.106. The van der Waals surface area contributed by atoms with E-state index in [1.54, 1.807) is 14.1 Å². The zero-order chi connectivity index (χ0) is 9.84. The number of amidine groups is 1. The molecule has 7 heteroatoms. The number of nitrogen functional groups attached to an aromatic ring is 1. The minimum atomic E-state index is -0.106.